The summed E-state index contributed by atoms with van der Waals surface area (Å²) in [4.78, 5) is 14.3. The first-order valence-corrected chi connectivity index (χ1v) is 3.91. The smallest absolute Gasteiger partial charge is 0.311 e. The summed E-state index contributed by atoms with van der Waals surface area (Å²) in [6.45, 7) is 0. The number of aromatic nitrogens is 3. The van der Waals surface area contributed by atoms with E-state index in [0.29, 0.717) is 11.6 Å². The number of aromatic amines is 1. The molecule has 72 valence electrons. The van der Waals surface area contributed by atoms with Crippen molar-refractivity contribution in [2.45, 2.75) is 6.42 Å². The second-order valence-corrected chi connectivity index (χ2v) is 2.69. The Morgan fingerprint density at radius 2 is 2.50 bits per heavy atom. The number of H-pyrrole nitrogens is 1. The predicted molar refractivity (Wildman–Crippen MR) is 45.4 cm³/mol. The van der Waals surface area contributed by atoms with Gasteiger partial charge in [-0.05, 0) is 6.07 Å². The third-order valence-electron chi connectivity index (χ3n) is 1.63. The van der Waals surface area contributed by atoms with Gasteiger partial charge < -0.3 is 9.52 Å². The molecule has 0 atom stereocenters. The van der Waals surface area contributed by atoms with E-state index in [9.17, 15) is 4.79 Å². The quantitative estimate of drug-likeness (QED) is 0.748. The molecule has 0 amide bonds. The molecule has 0 aliphatic carbocycles. The first-order chi connectivity index (χ1) is 6.75. The first-order valence-electron chi connectivity index (χ1n) is 3.91. The van der Waals surface area contributed by atoms with Gasteiger partial charge in [0, 0.05) is 0 Å². The SMILES string of the molecule is O=C(O)Cc1nc(-c2ccoc2)n[nH]1. The van der Waals surface area contributed by atoms with E-state index in [4.69, 9.17) is 9.52 Å². The highest BCUT2D eigenvalue weighted by atomic mass is 16.4. The Labute approximate surface area is 78.6 Å². The van der Waals surface area contributed by atoms with Gasteiger partial charge >= 0.3 is 5.97 Å². The van der Waals surface area contributed by atoms with Crippen LogP contribution < -0.4 is 0 Å². The van der Waals surface area contributed by atoms with E-state index in [1.54, 1.807) is 6.07 Å². The number of carboxylic acid groups (broad SMARTS) is 1. The Kier molecular flexibility index (Phi) is 2.02. The molecule has 0 radical (unpaired) electrons. The number of carbonyl (C=O) groups is 1. The molecule has 2 heterocycles. The number of hydrogen-bond donors (Lipinski definition) is 2. The molecule has 0 aliphatic heterocycles. The summed E-state index contributed by atoms with van der Waals surface area (Å²) in [5, 5.41) is 14.9. The van der Waals surface area contributed by atoms with Gasteiger partial charge in [-0.25, -0.2) is 4.98 Å². The van der Waals surface area contributed by atoms with Gasteiger partial charge in [-0.3, -0.25) is 9.89 Å². The summed E-state index contributed by atoms with van der Waals surface area (Å²) in [5.74, 6) is -0.177. The van der Waals surface area contributed by atoms with Crippen LogP contribution in [0.25, 0.3) is 11.4 Å². The zero-order chi connectivity index (χ0) is 9.97. The average Bonchev–Trinajstić information content (AvgIpc) is 2.69. The highest BCUT2D eigenvalue weighted by Crippen LogP contribution is 2.14. The minimum absolute atomic E-state index is 0.162. The maximum absolute atomic E-state index is 10.4. The molecule has 0 fully saturated rings. The van der Waals surface area contributed by atoms with Crippen LogP contribution in [0.3, 0.4) is 0 Å². The van der Waals surface area contributed by atoms with Crippen molar-refractivity contribution in [1.82, 2.24) is 15.2 Å². The monoisotopic (exact) mass is 193 g/mol. The predicted octanol–water partition coefficient (Wildman–Crippen LogP) is 0.692. The van der Waals surface area contributed by atoms with Crippen molar-refractivity contribution in [3.63, 3.8) is 0 Å². The van der Waals surface area contributed by atoms with Gasteiger partial charge in [0.15, 0.2) is 5.82 Å². The molecule has 0 aromatic carbocycles. The molecule has 0 unspecified atom stereocenters. The number of nitrogens with one attached hydrogen (secondary N) is 1. The van der Waals surface area contributed by atoms with Crippen LogP contribution in [0.4, 0.5) is 0 Å². The summed E-state index contributed by atoms with van der Waals surface area (Å²) in [6, 6.07) is 1.70. The number of carboxylic acids is 1. The first kappa shape index (κ1) is 8.49. The fourth-order valence-electron chi connectivity index (χ4n) is 1.04. The maximum atomic E-state index is 10.4. The number of hydrogen-bond acceptors (Lipinski definition) is 4. The number of furan rings is 1. The Bertz CT molecular complexity index is 432. The molecule has 0 bridgehead atoms. The van der Waals surface area contributed by atoms with Gasteiger partial charge in [0.05, 0.1) is 11.8 Å². The van der Waals surface area contributed by atoms with Crippen LogP contribution in [-0.4, -0.2) is 26.3 Å². The van der Waals surface area contributed by atoms with E-state index in [1.165, 1.54) is 12.5 Å². The Balaban J connectivity index is 2.22. The molecule has 6 nitrogen and oxygen atoms in total. The normalized spacial score (nSPS) is 10.3. The van der Waals surface area contributed by atoms with Gasteiger partial charge in [0.25, 0.3) is 0 Å². The standard InChI is InChI=1S/C8H7N3O3/c12-7(13)3-6-9-8(11-10-6)5-1-2-14-4-5/h1-2,4H,3H2,(H,12,13)(H,9,10,11). The Hall–Kier alpha value is -2.11. The van der Waals surface area contributed by atoms with Crippen LogP contribution in [0, 0.1) is 0 Å². The third-order valence-corrected chi connectivity index (χ3v) is 1.63. The van der Waals surface area contributed by atoms with Crippen molar-refractivity contribution < 1.29 is 14.3 Å². The fraction of sp³-hybridized carbons (Fsp3) is 0.125. The molecule has 6 heteroatoms. The molecule has 0 saturated heterocycles. The van der Waals surface area contributed by atoms with Crippen LogP contribution in [0.1, 0.15) is 5.82 Å². The molecular formula is C8H7N3O3. The van der Waals surface area contributed by atoms with E-state index in [0.717, 1.165) is 5.56 Å². The zero-order valence-corrected chi connectivity index (χ0v) is 7.10. The summed E-state index contributed by atoms with van der Waals surface area (Å²) >= 11 is 0. The van der Waals surface area contributed by atoms with Crippen LogP contribution in [0.2, 0.25) is 0 Å². The van der Waals surface area contributed by atoms with Crippen molar-refractivity contribution in [3.8, 4) is 11.4 Å². The topological polar surface area (TPSA) is 92.0 Å². The van der Waals surface area contributed by atoms with Gasteiger partial charge in [-0.2, -0.15) is 5.10 Å². The molecule has 2 aromatic heterocycles. The fourth-order valence-corrected chi connectivity index (χ4v) is 1.04. The van der Waals surface area contributed by atoms with E-state index in [2.05, 4.69) is 15.2 Å². The Morgan fingerprint density at radius 1 is 1.64 bits per heavy atom. The second-order valence-electron chi connectivity index (χ2n) is 2.69. The van der Waals surface area contributed by atoms with E-state index < -0.39 is 5.97 Å². The van der Waals surface area contributed by atoms with Gasteiger partial charge in [0.1, 0.15) is 18.5 Å². The third kappa shape index (κ3) is 1.63. The minimum Gasteiger partial charge on any atom is -0.481 e. The molecule has 0 saturated carbocycles. The van der Waals surface area contributed by atoms with Crippen molar-refractivity contribution in [3.05, 3.63) is 24.4 Å². The molecule has 0 spiro atoms. The lowest BCUT2D eigenvalue weighted by Crippen LogP contribution is -2.01. The van der Waals surface area contributed by atoms with Gasteiger partial charge in [-0.1, -0.05) is 0 Å². The number of rotatable bonds is 3. The molecular weight excluding hydrogens is 186 g/mol. The van der Waals surface area contributed by atoms with Crippen molar-refractivity contribution >= 4 is 5.97 Å². The maximum Gasteiger partial charge on any atom is 0.311 e. The van der Waals surface area contributed by atoms with Crippen molar-refractivity contribution in [2.75, 3.05) is 0 Å². The minimum atomic E-state index is -0.945. The van der Waals surface area contributed by atoms with Crippen LogP contribution in [-0.2, 0) is 11.2 Å². The molecule has 2 rings (SSSR count). The van der Waals surface area contributed by atoms with Gasteiger partial charge in [0.2, 0.25) is 0 Å². The second kappa shape index (κ2) is 3.33. The zero-order valence-electron chi connectivity index (χ0n) is 7.10. The molecule has 2 N–H and O–H groups in total. The summed E-state index contributed by atoms with van der Waals surface area (Å²) in [7, 11) is 0. The van der Waals surface area contributed by atoms with Crippen molar-refractivity contribution in [1.29, 1.82) is 0 Å². The van der Waals surface area contributed by atoms with Crippen LogP contribution >= 0.6 is 0 Å². The number of nitrogens with zero attached hydrogens (tertiary/aromatic N) is 2. The average molecular weight is 193 g/mol. The Morgan fingerprint density at radius 3 is 3.14 bits per heavy atom. The molecule has 2 aromatic rings. The van der Waals surface area contributed by atoms with E-state index >= 15 is 0 Å². The molecule has 0 aliphatic rings. The van der Waals surface area contributed by atoms with Gasteiger partial charge in [-0.15, -0.1) is 0 Å². The summed E-state index contributed by atoms with van der Waals surface area (Å²) in [5.41, 5.74) is 0.720. The lowest BCUT2D eigenvalue weighted by atomic mass is 10.3. The highest BCUT2D eigenvalue weighted by molar-refractivity contribution is 5.69. The van der Waals surface area contributed by atoms with Crippen LogP contribution in [0.5, 0.6) is 0 Å². The molecule has 14 heavy (non-hydrogen) atoms. The van der Waals surface area contributed by atoms with Crippen LogP contribution in [0.15, 0.2) is 23.0 Å². The van der Waals surface area contributed by atoms with E-state index in [1.807, 2.05) is 0 Å². The summed E-state index contributed by atoms with van der Waals surface area (Å²) < 4.78 is 4.85. The summed E-state index contributed by atoms with van der Waals surface area (Å²) in [6.07, 6.45) is 2.83. The van der Waals surface area contributed by atoms with Crippen molar-refractivity contribution in [2.24, 2.45) is 0 Å². The lowest BCUT2D eigenvalue weighted by Gasteiger charge is -1.85. The largest absolute Gasteiger partial charge is 0.481 e. The van der Waals surface area contributed by atoms with E-state index in [-0.39, 0.29) is 6.42 Å². The highest BCUT2D eigenvalue weighted by Gasteiger charge is 2.09. The lowest BCUT2D eigenvalue weighted by molar-refractivity contribution is -0.136. The number of aliphatic carboxylic acids is 1.